The van der Waals surface area contributed by atoms with Gasteiger partial charge in [0.1, 0.15) is 69.5 Å². The highest BCUT2D eigenvalue weighted by molar-refractivity contribution is 7.96. The lowest BCUT2D eigenvalue weighted by molar-refractivity contribution is 1.14. The molecule has 18 rings (SSSR count). The lowest BCUT2D eigenvalue weighted by Crippen LogP contribution is -2.32. The Morgan fingerprint density at radius 3 is 0.545 bits per heavy atom. The molecule has 110 heavy (non-hydrogen) atoms. The van der Waals surface area contributed by atoms with Crippen LogP contribution >= 0.6 is 21.8 Å². The van der Waals surface area contributed by atoms with Crippen molar-refractivity contribution in [3.63, 3.8) is 0 Å². The van der Waals surface area contributed by atoms with E-state index in [1.165, 1.54) is 70.0 Å². The highest BCUT2D eigenvalue weighted by Gasteiger charge is 2.48. The molecular formula is C103H82N4P3+3. The van der Waals surface area contributed by atoms with Gasteiger partial charge in [0.25, 0.3) is 0 Å². The molecule has 0 fully saturated rings. The maximum absolute atomic E-state index is 5.89. The van der Waals surface area contributed by atoms with Gasteiger partial charge in [0.05, 0.1) is 41.3 Å². The molecule has 8 bridgehead atoms. The molecule has 16 aromatic rings. The molecule has 0 radical (unpaired) electrons. The Kier molecular flexibility index (Phi) is 19.4. The van der Waals surface area contributed by atoms with Gasteiger partial charge in [-0.25, -0.2) is 9.97 Å². The third-order valence-electron chi connectivity index (χ3n) is 22.2. The van der Waals surface area contributed by atoms with E-state index in [-0.39, 0.29) is 0 Å². The van der Waals surface area contributed by atoms with Crippen LogP contribution in [0.4, 0.5) is 0 Å². The van der Waals surface area contributed by atoms with Crippen LogP contribution in [0.5, 0.6) is 0 Å². The Labute approximate surface area is 647 Å². The monoisotopic (exact) mass is 1470 g/mol. The number of hydrogen-bond donors (Lipinski definition) is 2. The zero-order chi connectivity index (χ0) is 73.7. The van der Waals surface area contributed by atoms with Gasteiger partial charge >= 0.3 is 0 Å². The molecule has 2 aliphatic rings. The normalized spacial score (nSPS) is 12.1. The van der Waals surface area contributed by atoms with E-state index in [1.807, 2.05) is 0 Å². The second kappa shape index (κ2) is 30.8. The van der Waals surface area contributed by atoms with Crippen LogP contribution in [0.3, 0.4) is 0 Å². The van der Waals surface area contributed by atoms with Gasteiger partial charge < -0.3 is 9.97 Å². The van der Waals surface area contributed by atoms with Gasteiger partial charge in [-0.15, -0.1) is 0 Å². The number of hydrogen-bond acceptors (Lipinski definition) is 2. The molecule has 0 aliphatic carbocycles. The summed E-state index contributed by atoms with van der Waals surface area (Å²) in [5.74, 6) is 0. The number of rotatable bonds is 20. The number of nitrogens with zero attached hydrogens (tertiary/aromatic N) is 2. The van der Waals surface area contributed by atoms with E-state index in [9.17, 15) is 0 Å². The predicted molar refractivity (Wildman–Crippen MR) is 477 cm³/mol. The molecule has 3 aromatic heterocycles. The fraction of sp³-hybridized carbons (Fsp3) is 0.0485. The van der Waals surface area contributed by atoms with E-state index in [0.717, 1.165) is 114 Å². The van der Waals surface area contributed by atoms with E-state index in [4.69, 9.17) is 9.97 Å². The highest BCUT2D eigenvalue weighted by atomic mass is 31.2. The molecule has 0 unspecified atom stereocenters. The first kappa shape index (κ1) is 69.5. The van der Waals surface area contributed by atoms with Gasteiger partial charge in [0, 0.05) is 44.3 Å². The first-order chi connectivity index (χ1) is 54.4. The van der Waals surface area contributed by atoms with Gasteiger partial charge in [0.2, 0.25) is 0 Å². The third-order valence-corrected chi connectivity index (χ3v) is 35.3. The molecule has 13 aromatic carbocycles. The summed E-state index contributed by atoms with van der Waals surface area (Å²) in [5, 5.41) is 12.2. The van der Waals surface area contributed by atoms with E-state index >= 15 is 0 Å². The van der Waals surface area contributed by atoms with Crippen molar-refractivity contribution >= 4 is 116 Å². The zero-order valence-electron chi connectivity index (χ0n) is 61.4. The number of H-pyrrole nitrogens is 2. The van der Waals surface area contributed by atoms with Crippen molar-refractivity contribution in [3.05, 3.63) is 439 Å². The van der Waals surface area contributed by atoms with Crippen molar-refractivity contribution in [2.24, 2.45) is 0 Å². The first-order valence-corrected chi connectivity index (χ1v) is 44.0. The predicted octanol–water partition coefficient (Wildman–Crippen LogP) is 22.4. The zero-order valence-corrected chi connectivity index (χ0v) is 64.1. The lowest BCUT2D eigenvalue weighted by atomic mass is 10.0. The molecule has 0 saturated carbocycles. The van der Waals surface area contributed by atoms with Crippen LogP contribution in [0, 0.1) is 0 Å². The number of fused-ring (bicyclic) bond motifs is 8. The molecule has 0 atom stereocenters. The summed E-state index contributed by atoms with van der Waals surface area (Å²) in [6, 6.07) is 147. The number of aryl methyl sites for hydroxylation is 1. The molecule has 2 aliphatic heterocycles. The number of aromatic amines is 2. The summed E-state index contributed by atoms with van der Waals surface area (Å²) in [4.78, 5) is 19.9. The Balaban J connectivity index is 0.845. The smallest absolute Gasteiger partial charge is 0.116 e. The second-order valence-corrected chi connectivity index (χ2v) is 39.0. The van der Waals surface area contributed by atoms with E-state index in [2.05, 4.69) is 436 Å². The Bertz CT molecular complexity index is 5680. The average Bonchev–Trinajstić information content (AvgIpc) is 1.19. The van der Waals surface area contributed by atoms with Crippen molar-refractivity contribution in [2.75, 3.05) is 0 Å². The highest BCUT2D eigenvalue weighted by Crippen LogP contribution is 2.61. The standard InChI is InChI=1S/C103H82N4P3/c1-2-75-48-56-79(57-49-75)100-92-64-66-94(104-92)101(80-58-50-76(51-59-80)72-108(83-30-12-3-13-31-83,84-32-14-4-15-33-84)85-34-16-5-17-35-85)96-68-70-98(106-96)103(82-62-54-78(55-63-82)74-110(89-42-24-9-25-43-89,90-44-26-10-27-45-90)91-46-28-11-29-47-91)99-71-69-97(107-99)102(95-67-65-93(100)105-95)81-60-52-77(53-61-81)73-109(86-36-18-6-19-37-86,87-38-20-7-21-39-87)88-40-22-8-23-41-88/h3-71,104,107H,2,72-74H2,1H3/q+3. The summed E-state index contributed by atoms with van der Waals surface area (Å²) in [7, 11) is -6.65. The lowest BCUT2D eigenvalue weighted by Gasteiger charge is -2.28. The van der Waals surface area contributed by atoms with Crippen LogP contribution in [-0.4, -0.2) is 19.9 Å². The van der Waals surface area contributed by atoms with E-state index in [0.29, 0.717) is 0 Å². The summed E-state index contributed by atoms with van der Waals surface area (Å²) in [5.41, 5.74) is 20.7. The van der Waals surface area contributed by atoms with Gasteiger partial charge in [-0.05, 0) is 209 Å². The molecule has 0 amide bonds. The molecule has 4 nitrogen and oxygen atoms in total. The fourth-order valence-corrected chi connectivity index (χ4v) is 29.5. The Hall–Kier alpha value is -12.3. The quantitative estimate of drug-likeness (QED) is 0.0747. The van der Waals surface area contributed by atoms with Crippen LogP contribution < -0.4 is 47.7 Å². The number of benzene rings is 13. The fourth-order valence-electron chi connectivity index (χ4n) is 16.8. The summed E-state index contributed by atoms with van der Waals surface area (Å²) in [6.07, 6.45) is 12.4. The minimum absolute atomic E-state index is 0.845. The molecule has 7 heteroatoms. The minimum Gasteiger partial charge on any atom is -0.354 e. The van der Waals surface area contributed by atoms with Crippen molar-refractivity contribution in [2.45, 2.75) is 31.8 Å². The van der Waals surface area contributed by atoms with E-state index in [1.54, 1.807) is 0 Å². The SMILES string of the molecule is CCc1ccc(-c2c3nc(c(-c4ccc(C[P+](c5ccccc5)(c5ccccc5)c5ccccc5)cc4)c4ccc([nH]4)c(-c4ccc(C[P+](c5ccccc5)(c5ccccc5)c5ccccc5)cc4)c4nc(c(-c5ccc(C[P+](c6ccccc6)(c6ccccc6)c6ccccc6)cc5)c5ccc2[nH]5)C=C4)C=C3)cc1. The summed E-state index contributed by atoms with van der Waals surface area (Å²) < 4.78 is 0. The van der Waals surface area contributed by atoms with Gasteiger partial charge in [0.15, 0.2) is 0 Å². The van der Waals surface area contributed by atoms with Crippen molar-refractivity contribution < 1.29 is 0 Å². The van der Waals surface area contributed by atoms with Gasteiger partial charge in [-0.1, -0.05) is 268 Å². The topological polar surface area (TPSA) is 57.4 Å². The molecule has 2 N–H and O–H groups in total. The average molecular weight is 1470 g/mol. The number of aromatic nitrogens is 4. The molecular weight excluding hydrogens is 1390 g/mol. The summed E-state index contributed by atoms with van der Waals surface area (Å²) in [6.45, 7) is 2.22. The maximum Gasteiger partial charge on any atom is 0.116 e. The van der Waals surface area contributed by atoms with E-state index < -0.39 is 21.8 Å². The maximum atomic E-state index is 5.89. The van der Waals surface area contributed by atoms with Crippen molar-refractivity contribution in [1.29, 1.82) is 0 Å². The van der Waals surface area contributed by atoms with Gasteiger partial charge in [-0.3, -0.25) is 0 Å². The molecule has 0 spiro atoms. The Morgan fingerprint density at radius 1 is 0.200 bits per heavy atom. The van der Waals surface area contributed by atoms with Crippen LogP contribution in [0.25, 0.3) is 90.9 Å². The third kappa shape index (κ3) is 13.2. The Morgan fingerprint density at radius 2 is 0.373 bits per heavy atom. The summed E-state index contributed by atoms with van der Waals surface area (Å²) >= 11 is 0. The molecule has 0 saturated heterocycles. The van der Waals surface area contributed by atoms with Gasteiger partial charge in [-0.2, -0.15) is 0 Å². The first-order valence-electron chi connectivity index (χ1n) is 38.1. The molecule has 5 heterocycles. The van der Waals surface area contributed by atoms with Crippen LogP contribution in [0.1, 0.15) is 52.0 Å². The van der Waals surface area contributed by atoms with Crippen molar-refractivity contribution in [1.82, 2.24) is 19.9 Å². The van der Waals surface area contributed by atoms with Crippen molar-refractivity contribution in [3.8, 4) is 44.5 Å². The minimum atomic E-state index is -2.23. The number of nitrogens with one attached hydrogen (secondary N) is 2. The van der Waals surface area contributed by atoms with Crippen LogP contribution in [-0.2, 0) is 24.9 Å². The second-order valence-electron chi connectivity index (χ2n) is 28.6. The largest absolute Gasteiger partial charge is 0.354 e. The molecule has 526 valence electrons. The van der Waals surface area contributed by atoms with Crippen LogP contribution in [0.15, 0.2) is 394 Å². The van der Waals surface area contributed by atoms with Crippen LogP contribution in [0.2, 0.25) is 0 Å².